The van der Waals surface area contributed by atoms with Crippen LogP contribution in [0.1, 0.15) is 15.9 Å². The molecule has 0 fully saturated rings. The second kappa shape index (κ2) is 6.78. The van der Waals surface area contributed by atoms with Gasteiger partial charge in [-0.25, -0.2) is 0 Å². The molecule has 1 amide bonds. The van der Waals surface area contributed by atoms with Gasteiger partial charge in [0.1, 0.15) is 6.54 Å². The molecule has 0 spiro atoms. The van der Waals surface area contributed by atoms with Gasteiger partial charge in [0, 0.05) is 10.1 Å². The molecule has 112 valence electrons. The molecule has 0 unspecified atom stereocenters. The molecule has 0 aliphatic carbocycles. The fourth-order valence-electron chi connectivity index (χ4n) is 1.82. The lowest BCUT2D eigenvalue weighted by atomic mass is 10.2. The van der Waals surface area contributed by atoms with Crippen LogP contribution in [0.2, 0.25) is 0 Å². The highest BCUT2D eigenvalue weighted by Crippen LogP contribution is 2.22. The van der Waals surface area contributed by atoms with E-state index in [1.54, 1.807) is 41.1 Å². The standard InChI is InChI=1S/C14H11F3INOS/c15-14(16,17)9-19(7-10-5-6-21-8-10)13(20)11-3-1-2-4-12(11)18/h1-6,8H,7,9H2. The fraction of sp³-hybridized carbons (Fsp3) is 0.214. The molecular weight excluding hydrogens is 414 g/mol. The third kappa shape index (κ3) is 4.70. The molecule has 1 aromatic carbocycles. The number of thiophene rings is 1. The summed E-state index contributed by atoms with van der Waals surface area (Å²) < 4.78 is 38.8. The zero-order chi connectivity index (χ0) is 15.5. The smallest absolute Gasteiger partial charge is 0.325 e. The summed E-state index contributed by atoms with van der Waals surface area (Å²) in [6, 6.07) is 8.35. The molecule has 0 saturated heterocycles. The van der Waals surface area contributed by atoms with E-state index in [2.05, 4.69) is 0 Å². The first-order valence-corrected chi connectivity index (χ1v) is 8.00. The minimum Gasteiger partial charge on any atom is -0.325 e. The predicted octanol–water partition coefficient (Wildman–Crippen LogP) is 4.56. The topological polar surface area (TPSA) is 20.3 Å². The van der Waals surface area contributed by atoms with E-state index < -0.39 is 18.6 Å². The van der Waals surface area contributed by atoms with Crippen molar-refractivity contribution in [3.8, 4) is 0 Å². The van der Waals surface area contributed by atoms with Crippen LogP contribution in [-0.2, 0) is 6.54 Å². The van der Waals surface area contributed by atoms with Crippen LogP contribution in [0.3, 0.4) is 0 Å². The van der Waals surface area contributed by atoms with Crippen LogP contribution < -0.4 is 0 Å². The third-order valence-electron chi connectivity index (χ3n) is 2.72. The first kappa shape index (κ1) is 16.3. The Balaban J connectivity index is 2.26. The predicted molar refractivity (Wildman–Crippen MR) is 84.3 cm³/mol. The highest BCUT2D eigenvalue weighted by Gasteiger charge is 2.33. The first-order chi connectivity index (χ1) is 9.87. The van der Waals surface area contributed by atoms with Crippen LogP contribution in [0.15, 0.2) is 41.1 Å². The lowest BCUT2D eigenvalue weighted by molar-refractivity contribution is -0.141. The van der Waals surface area contributed by atoms with Crippen molar-refractivity contribution in [3.05, 3.63) is 55.8 Å². The summed E-state index contributed by atoms with van der Waals surface area (Å²) in [5, 5.41) is 3.52. The molecule has 2 rings (SSSR count). The maximum Gasteiger partial charge on any atom is 0.406 e. The van der Waals surface area contributed by atoms with E-state index in [1.165, 1.54) is 11.3 Å². The van der Waals surface area contributed by atoms with Crippen molar-refractivity contribution in [1.82, 2.24) is 4.90 Å². The minimum atomic E-state index is -4.42. The lowest BCUT2D eigenvalue weighted by Gasteiger charge is -2.24. The molecule has 0 aliphatic rings. The second-order valence-corrected chi connectivity index (χ2v) is 6.33. The molecule has 0 N–H and O–H groups in total. The van der Waals surface area contributed by atoms with Crippen LogP contribution in [0.4, 0.5) is 13.2 Å². The van der Waals surface area contributed by atoms with Gasteiger partial charge in [-0.15, -0.1) is 0 Å². The van der Waals surface area contributed by atoms with Gasteiger partial charge in [-0.1, -0.05) is 12.1 Å². The average molecular weight is 425 g/mol. The van der Waals surface area contributed by atoms with Crippen LogP contribution in [0, 0.1) is 3.57 Å². The number of rotatable bonds is 4. The van der Waals surface area contributed by atoms with E-state index in [1.807, 2.05) is 22.6 Å². The maximum absolute atomic E-state index is 12.7. The Morgan fingerprint density at radius 1 is 1.24 bits per heavy atom. The average Bonchev–Trinajstić information content (AvgIpc) is 2.89. The van der Waals surface area contributed by atoms with E-state index in [0.29, 0.717) is 9.13 Å². The van der Waals surface area contributed by atoms with E-state index in [9.17, 15) is 18.0 Å². The van der Waals surface area contributed by atoms with Gasteiger partial charge in [0.05, 0.1) is 5.56 Å². The monoisotopic (exact) mass is 425 g/mol. The van der Waals surface area contributed by atoms with Crippen molar-refractivity contribution in [2.24, 2.45) is 0 Å². The Morgan fingerprint density at radius 2 is 1.95 bits per heavy atom. The number of alkyl halides is 3. The molecule has 7 heteroatoms. The molecular formula is C14H11F3INOS. The number of benzene rings is 1. The highest BCUT2D eigenvalue weighted by atomic mass is 127. The zero-order valence-electron chi connectivity index (χ0n) is 10.7. The summed E-state index contributed by atoms with van der Waals surface area (Å²) in [5.41, 5.74) is 0.987. The number of halogens is 4. The molecule has 2 aromatic rings. The van der Waals surface area contributed by atoms with Crippen molar-refractivity contribution < 1.29 is 18.0 Å². The van der Waals surface area contributed by atoms with Gasteiger partial charge in [-0.05, 0) is 57.1 Å². The largest absolute Gasteiger partial charge is 0.406 e. The van der Waals surface area contributed by atoms with Crippen LogP contribution in [-0.4, -0.2) is 23.5 Å². The molecule has 2 nitrogen and oxygen atoms in total. The summed E-state index contributed by atoms with van der Waals surface area (Å²) in [6.45, 7) is -1.31. The fourth-order valence-corrected chi connectivity index (χ4v) is 3.10. The van der Waals surface area contributed by atoms with E-state index in [-0.39, 0.29) is 12.1 Å². The van der Waals surface area contributed by atoms with Gasteiger partial charge in [0.25, 0.3) is 5.91 Å². The van der Waals surface area contributed by atoms with Crippen LogP contribution >= 0.6 is 33.9 Å². The van der Waals surface area contributed by atoms with Crippen molar-refractivity contribution in [3.63, 3.8) is 0 Å². The van der Waals surface area contributed by atoms with Gasteiger partial charge in [-0.2, -0.15) is 24.5 Å². The van der Waals surface area contributed by atoms with Crippen molar-refractivity contribution in [2.45, 2.75) is 12.7 Å². The van der Waals surface area contributed by atoms with Gasteiger partial charge in [0.15, 0.2) is 0 Å². The number of carbonyl (C=O) groups excluding carboxylic acids is 1. The Kier molecular flexibility index (Phi) is 5.26. The second-order valence-electron chi connectivity index (χ2n) is 4.39. The van der Waals surface area contributed by atoms with E-state index in [4.69, 9.17) is 0 Å². The molecule has 1 heterocycles. The molecule has 0 aliphatic heterocycles. The first-order valence-electron chi connectivity index (χ1n) is 5.98. The Morgan fingerprint density at radius 3 is 2.52 bits per heavy atom. The summed E-state index contributed by atoms with van der Waals surface area (Å²) in [5.74, 6) is -0.608. The number of carbonyl (C=O) groups is 1. The molecule has 0 bridgehead atoms. The van der Waals surface area contributed by atoms with E-state index >= 15 is 0 Å². The summed E-state index contributed by atoms with van der Waals surface area (Å²) in [7, 11) is 0. The SMILES string of the molecule is O=C(c1ccccc1I)N(Cc1ccsc1)CC(F)(F)F. The Bertz CT molecular complexity index is 613. The highest BCUT2D eigenvalue weighted by molar-refractivity contribution is 14.1. The molecule has 0 radical (unpaired) electrons. The van der Waals surface area contributed by atoms with Gasteiger partial charge < -0.3 is 4.90 Å². The lowest BCUT2D eigenvalue weighted by Crippen LogP contribution is -2.38. The Labute approximate surface area is 137 Å². The Hall–Kier alpha value is -1.09. The van der Waals surface area contributed by atoms with Crippen LogP contribution in [0.5, 0.6) is 0 Å². The third-order valence-corrected chi connectivity index (χ3v) is 4.39. The summed E-state index contributed by atoms with van der Waals surface area (Å²) in [6.07, 6.45) is -4.42. The van der Waals surface area contributed by atoms with Crippen LogP contribution in [0.25, 0.3) is 0 Å². The van der Waals surface area contributed by atoms with Gasteiger partial charge >= 0.3 is 6.18 Å². The summed E-state index contributed by atoms with van der Waals surface area (Å²) >= 11 is 3.34. The normalized spacial score (nSPS) is 11.4. The summed E-state index contributed by atoms with van der Waals surface area (Å²) in [4.78, 5) is 13.2. The number of nitrogens with zero attached hydrogens (tertiary/aromatic N) is 1. The quantitative estimate of drug-likeness (QED) is 0.658. The number of amides is 1. The maximum atomic E-state index is 12.7. The zero-order valence-corrected chi connectivity index (χ0v) is 13.7. The molecule has 0 atom stereocenters. The van der Waals surface area contributed by atoms with Gasteiger partial charge in [-0.3, -0.25) is 4.79 Å². The van der Waals surface area contributed by atoms with Gasteiger partial charge in [0.2, 0.25) is 0 Å². The molecule has 0 saturated carbocycles. The number of hydrogen-bond donors (Lipinski definition) is 0. The van der Waals surface area contributed by atoms with Crippen molar-refractivity contribution in [2.75, 3.05) is 6.54 Å². The molecule has 21 heavy (non-hydrogen) atoms. The van der Waals surface area contributed by atoms with E-state index in [0.717, 1.165) is 4.90 Å². The number of hydrogen-bond acceptors (Lipinski definition) is 2. The van der Waals surface area contributed by atoms with Crippen molar-refractivity contribution >= 4 is 39.8 Å². The van der Waals surface area contributed by atoms with Crippen molar-refractivity contribution in [1.29, 1.82) is 0 Å². The minimum absolute atomic E-state index is 0.0488. The molecule has 1 aromatic heterocycles.